The fourth-order valence-electron chi connectivity index (χ4n) is 0.845. The Hall–Kier alpha value is -0.340. The van der Waals surface area contributed by atoms with Gasteiger partial charge in [-0.15, -0.1) is 0 Å². The molecule has 1 N–H and O–H groups in total. The van der Waals surface area contributed by atoms with E-state index in [9.17, 15) is 0 Å². The fourth-order valence-corrected chi connectivity index (χ4v) is 2.16. The molecular formula is C7H11OS+. The van der Waals surface area contributed by atoms with Crippen molar-refractivity contribution in [3.8, 4) is 0 Å². The minimum atomic E-state index is 0.0640. The number of thiophene rings is 1. The lowest BCUT2D eigenvalue weighted by molar-refractivity contribution is 0.323. The highest BCUT2D eigenvalue weighted by molar-refractivity contribution is 7.29. The van der Waals surface area contributed by atoms with Crippen molar-refractivity contribution in [2.45, 2.75) is 19.3 Å². The molecule has 50 valence electrons. The molecule has 0 radical (unpaired) electrons. The highest BCUT2D eigenvalue weighted by atomic mass is 32.2. The molecule has 1 aromatic rings. The Balaban J connectivity index is 2.85. The number of hydrogen-bond donors (Lipinski definition) is 1. The third kappa shape index (κ3) is 1.32. The summed E-state index contributed by atoms with van der Waals surface area (Å²) in [5.74, 6) is 0.288. The van der Waals surface area contributed by atoms with Crippen LogP contribution in [0.4, 0.5) is 0 Å². The van der Waals surface area contributed by atoms with Crippen LogP contribution in [-0.2, 0) is 12.4 Å². The summed E-state index contributed by atoms with van der Waals surface area (Å²) in [6.07, 6.45) is 1.07. The monoisotopic (exact) mass is 143 g/mol. The van der Waals surface area contributed by atoms with E-state index in [-0.39, 0.29) is 16.4 Å². The molecule has 1 heterocycles. The van der Waals surface area contributed by atoms with Crippen LogP contribution < -0.4 is 0 Å². The summed E-state index contributed by atoms with van der Waals surface area (Å²) in [7, 11) is 0.0640. The molecule has 0 saturated carbocycles. The van der Waals surface area contributed by atoms with Crippen LogP contribution in [0.3, 0.4) is 0 Å². The van der Waals surface area contributed by atoms with Crippen LogP contribution in [0.25, 0.3) is 0 Å². The second-order valence-corrected chi connectivity index (χ2v) is 3.79. The van der Waals surface area contributed by atoms with Gasteiger partial charge in [-0.3, -0.25) is 0 Å². The molecule has 0 aliphatic carbocycles. The number of hydrogen-bond acceptors (Lipinski definition) is 1. The van der Waals surface area contributed by atoms with Gasteiger partial charge in [0.1, 0.15) is 5.38 Å². The number of rotatable bonds is 2. The standard InChI is InChI=1S/C7H11OS/c1-2-7-4-3-5-9(7)6-8/h3-5,8H,2,6H2,1H3/q+1. The summed E-state index contributed by atoms with van der Waals surface area (Å²) in [5, 5.41) is 10.9. The molecule has 0 saturated heterocycles. The first-order valence-electron chi connectivity index (χ1n) is 3.06. The molecule has 0 fully saturated rings. The summed E-state index contributed by atoms with van der Waals surface area (Å²) in [4.78, 5) is 1.37. The van der Waals surface area contributed by atoms with Crippen LogP contribution in [0.2, 0.25) is 0 Å². The molecule has 0 spiro atoms. The minimum absolute atomic E-state index is 0.0640. The van der Waals surface area contributed by atoms with Crippen LogP contribution in [0.15, 0.2) is 17.5 Å². The van der Waals surface area contributed by atoms with E-state index in [1.54, 1.807) is 0 Å². The van der Waals surface area contributed by atoms with E-state index in [1.165, 1.54) is 4.88 Å². The quantitative estimate of drug-likeness (QED) is 0.627. The first-order chi connectivity index (χ1) is 4.38. The third-order valence-electron chi connectivity index (χ3n) is 1.35. The second-order valence-electron chi connectivity index (χ2n) is 1.87. The zero-order valence-corrected chi connectivity index (χ0v) is 6.32. The van der Waals surface area contributed by atoms with Gasteiger partial charge in [0.05, 0.1) is 0 Å². The lowest BCUT2D eigenvalue weighted by Gasteiger charge is -1.83. The van der Waals surface area contributed by atoms with Gasteiger partial charge in [0.15, 0.2) is 4.88 Å². The predicted octanol–water partition coefficient (Wildman–Crippen LogP) is 1.95. The Morgan fingerprint density at radius 3 is 2.89 bits per heavy atom. The van der Waals surface area contributed by atoms with Crippen molar-refractivity contribution in [3.63, 3.8) is 0 Å². The summed E-state index contributed by atoms with van der Waals surface area (Å²) in [5.41, 5.74) is 0. The summed E-state index contributed by atoms with van der Waals surface area (Å²) in [6.45, 7) is 2.12. The number of aliphatic hydroxyl groups is 1. The van der Waals surface area contributed by atoms with Crippen molar-refractivity contribution in [2.24, 2.45) is 0 Å². The number of aryl methyl sites for hydroxylation is 1. The molecule has 0 bridgehead atoms. The van der Waals surface area contributed by atoms with E-state index in [1.807, 2.05) is 6.07 Å². The molecule has 0 amide bonds. The minimum Gasteiger partial charge on any atom is -0.348 e. The molecule has 1 rings (SSSR count). The highest BCUT2D eigenvalue weighted by Crippen LogP contribution is 2.24. The van der Waals surface area contributed by atoms with Crippen LogP contribution in [0.5, 0.6) is 0 Å². The topological polar surface area (TPSA) is 20.2 Å². The van der Waals surface area contributed by atoms with E-state index in [0.29, 0.717) is 0 Å². The third-order valence-corrected chi connectivity index (χ3v) is 3.21. The highest BCUT2D eigenvalue weighted by Gasteiger charge is 2.07. The van der Waals surface area contributed by atoms with Gasteiger partial charge in [-0.05, 0) is 12.1 Å². The lowest BCUT2D eigenvalue weighted by Crippen LogP contribution is -1.74. The maximum atomic E-state index is 8.79. The largest absolute Gasteiger partial charge is 0.348 e. The van der Waals surface area contributed by atoms with Crippen molar-refractivity contribution in [1.82, 2.24) is 0 Å². The average Bonchev–Trinajstić information content (AvgIpc) is 2.33. The molecule has 2 heteroatoms. The fraction of sp³-hybridized carbons (Fsp3) is 0.429. The maximum Gasteiger partial charge on any atom is 0.226 e. The Morgan fingerprint density at radius 2 is 2.44 bits per heavy atom. The van der Waals surface area contributed by atoms with E-state index in [0.717, 1.165) is 6.42 Å². The maximum absolute atomic E-state index is 8.79. The van der Waals surface area contributed by atoms with Crippen molar-refractivity contribution in [2.75, 3.05) is 0 Å². The van der Waals surface area contributed by atoms with Crippen LogP contribution in [0.1, 0.15) is 11.8 Å². The summed E-state index contributed by atoms with van der Waals surface area (Å²) < 4.78 is 0. The Kier molecular flexibility index (Phi) is 2.25. The van der Waals surface area contributed by atoms with Gasteiger partial charge in [0, 0.05) is 16.9 Å². The lowest BCUT2D eigenvalue weighted by atomic mass is 10.4. The van der Waals surface area contributed by atoms with Crippen LogP contribution in [0, 0.1) is 0 Å². The van der Waals surface area contributed by atoms with Crippen LogP contribution >= 0.6 is 10.5 Å². The number of aliphatic hydroxyl groups excluding tert-OH is 1. The molecule has 0 aliphatic heterocycles. The Bertz CT molecular complexity index is 162. The molecular weight excluding hydrogens is 132 g/mol. The Morgan fingerprint density at radius 1 is 1.67 bits per heavy atom. The van der Waals surface area contributed by atoms with Gasteiger partial charge >= 0.3 is 0 Å². The molecule has 0 aromatic carbocycles. The zero-order chi connectivity index (χ0) is 6.69. The normalized spacial score (nSPS) is 12.0. The molecule has 1 aromatic heterocycles. The van der Waals surface area contributed by atoms with E-state index < -0.39 is 0 Å². The first kappa shape index (κ1) is 6.78. The molecule has 9 heavy (non-hydrogen) atoms. The van der Waals surface area contributed by atoms with Gasteiger partial charge in [0.25, 0.3) is 0 Å². The molecule has 1 unspecified atom stereocenters. The summed E-state index contributed by atoms with van der Waals surface area (Å²) in [6, 6.07) is 4.12. The van der Waals surface area contributed by atoms with E-state index in [2.05, 4.69) is 18.4 Å². The van der Waals surface area contributed by atoms with Gasteiger partial charge < -0.3 is 5.11 Å². The van der Waals surface area contributed by atoms with Gasteiger partial charge in [-0.1, -0.05) is 6.92 Å². The predicted molar refractivity (Wildman–Crippen MR) is 40.5 cm³/mol. The van der Waals surface area contributed by atoms with E-state index in [4.69, 9.17) is 5.11 Å². The smallest absolute Gasteiger partial charge is 0.226 e. The van der Waals surface area contributed by atoms with Gasteiger partial charge in [-0.25, -0.2) is 0 Å². The van der Waals surface area contributed by atoms with Gasteiger partial charge in [-0.2, -0.15) is 0 Å². The van der Waals surface area contributed by atoms with Crippen molar-refractivity contribution < 1.29 is 5.11 Å². The average molecular weight is 143 g/mol. The van der Waals surface area contributed by atoms with Crippen molar-refractivity contribution in [3.05, 3.63) is 22.4 Å². The zero-order valence-electron chi connectivity index (χ0n) is 5.50. The van der Waals surface area contributed by atoms with Crippen molar-refractivity contribution in [1.29, 1.82) is 0 Å². The second kappa shape index (κ2) is 2.99. The van der Waals surface area contributed by atoms with Crippen LogP contribution in [-0.4, -0.2) is 5.11 Å². The first-order valence-corrected chi connectivity index (χ1v) is 4.52. The van der Waals surface area contributed by atoms with Crippen molar-refractivity contribution >= 4 is 10.5 Å². The molecule has 1 nitrogen and oxygen atoms in total. The molecule has 0 aliphatic rings. The van der Waals surface area contributed by atoms with E-state index >= 15 is 0 Å². The SMILES string of the molecule is CCc1ccc[s+]1CO. The molecule has 1 atom stereocenters. The van der Waals surface area contributed by atoms with Gasteiger partial charge in [0.2, 0.25) is 5.94 Å². The Labute approximate surface area is 57.9 Å². The summed E-state index contributed by atoms with van der Waals surface area (Å²) >= 11 is 0.